The van der Waals surface area contributed by atoms with Gasteiger partial charge in [-0.05, 0) is 64.9 Å². The van der Waals surface area contributed by atoms with Crippen molar-refractivity contribution in [1.82, 2.24) is 34.0 Å². The number of rotatable bonds is 5. The standard InChI is InChI=1S/C23H29FN8/c1-15-27-19-5-4-18(28-21(19)31(15)13-11-24)17-8-12-32-20(17)14-26-22(29-32)23(25)9-6-16(7-10-23)30(2)3/h4-5,8,12,14,16H,6-7,9-11,13,25H2,1-3H3. The Morgan fingerprint density at radius 3 is 2.69 bits per heavy atom. The molecule has 1 saturated carbocycles. The lowest BCUT2D eigenvalue weighted by atomic mass is 9.79. The van der Waals surface area contributed by atoms with E-state index in [9.17, 15) is 4.39 Å². The molecule has 168 valence electrons. The van der Waals surface area contributed by atoms with Crippen LogP contribution in [0.5, 0.6) is 0 Å². The van der Waals surface area contributed by atoms with Crippen molar-refractivity contribution in [1.29, 1.82) is 0 Å². The van der Waals surface area contributed by atoms with Crippen molar-refractivity contribution in [3.05, 3.63) is 42.2 Å². The van der Waals surface area contributed by atoms with E-state index in [1.807, 2.05) is 46.6 Å². The molecule has 1 fully saturated rings. The van der Waals surface area contributed by atoms with E-state index in [-0.39, 0.29) is 6.54 Å². The highest BCUT2D eigenvalue weighted by Crippen LogP contribution is 2.35. The normalized spacial score (nSPS) is 21.8. The Morgan fingerprint density at radius 2 is 1.97 bits per heavy atom. The van der Waals surface area contributed by atoms with Crippen LogP contribution in [0.15, 0.2) is 30.6 Å². The second kappa shape index (κ2) is 7.90. The third-order valence-electron chi connectivity index (χ3n) is 6.81. The second-order valence-electron chi connectivity index (χ2n) is 9.03. The lowest BCUT2D eigenvalue weighted by molar-refractivity contribution is 0.167. The molecule has 2 N–H and O–H groups in total. The average Bonchev–Trinajstić information content (AvgIpc) is 3.34. The minimum atomic E-state index is -0.501. The zero-order chi connectivity index (χ0) is 22.5. The Bertz CT molecular complexity index is 1270. The average molecular weight is 437 g/mol. The van der Waals surface area contributed by atoms with E-state index in [2.05, 4.69) is 29.0 Å². The SMILES string of the molecule is Cc1nc2ccc(-c3ccn4nc(C5(N)CCC(N(C)C)CC5)ncc34)nc2n1CCF. The molecule has 0 amide bonds. The first-order valence-corrected chi connectivity index (χ1v) is 11.1. The molecule has 4 aromatic rings. The monoisotopic (exact) mass is 436 g/mol. The van der Waals surface area contributed by atoms with Gasteiger partial charge in [-0.2, -0.15) is 5.10 Å². The van der Waals surface area contributed by atoms with E-state index in [4.69, 9.17) is 15.8 Å². The molecule has 0 aromatic carbocycles. The molecular weight excluding hydrogens is 407 g/mol. The number of hydrogen-bond donors (Lipinski definition) is 1. The summed E-state index contributed by atoms with van der Waals surface area (Å²) in [6, 6.07) is 6.40. The smallest absolute Gasteiger partial charge is 0.169 e. The molecule has 0 unspecified atom stereocenters. The third kappa shape index (κ3) is 3.45. The van der Waals surface area contributed by atoms with Crippen LogP contribution in [0.2, 0.25) is 0 Å². The van der Waals surface area contributed by atoms with Crippen LogP contribution >= 0.6 is 0 Å². The number of aromatic nitrogens is 6. The summed E-state index contributed by atoms with van der Waals surface area (Å²) >= 11 is 0. The molecule has 1 aliphatic carbocycles. The maximum Gasteiger partial charge on any atom is 0.169 e. The first-order valence-electron chi connectivity index (χ1n) is 11.1. The van der Waals surface area contributed by atoms with Gasteiger partial charge in [-0.15, -0.1) is 0 Å². The van der Waals surface area contributed by atoms with Gasteiger partial charge < -0.3 is 15.2 Å². The minimum absolute atomic E-state index is 0.245. The summed E-state index contributed by atoms with van der Waals surface area (Å²) in [6.45, 7) is 1.66. The van der Waals surface area contributed by atoms with Crippen LogP contribution in [-0.4, -0.2) is 60.8 Å². The Kier molecular flexibility index (Phi) is 5.17. The van der Waals surface area contributed by atoms with Gasteiger partial charge >= 0.3 is 0 Å². The van der Waals surface area contributed by atoms with Crippen molar-refractivity contribution < 1.29 is 4.39 Å². The number of alkyl halides is 1. The third-order valence-corrected chi connectivity index (χ3v) is 6.81. The van der Waals surface area contributed by atoms with E-state index < -0.39 is 12.2 Å². The van der Waals surface area contributed by atoms with E-state index in [0.717, 1.165) is 53.8 Å². The summed E-state index contributed by atoms with van der Waals surface area (Å²) in [7, 11) is 4.24. The summed E-state index contributed by atoms with van der Waals surface area (Å²) in [5.41, 5.74) is 10.3. The number of hydrogen-bond acceptors (Lipinski definition) is 6. The van der Waals surface area contributed by atoms with Crippen LogP contribution in [0.25, 0.3) is 27.9 Å². The molecule has 0 spiro atoms. The van der Waals surface area contributed by atoms with Gasteiger partial charge in [-0.1, -0.05) is 0 Å². The molecule has 8 nitrogen and oxygen atoms in total. The number of nitrogens with two attached hydrogens (primary N) is 1. The van der Waals surface area contributed by atoms with Crippen molar-refractivity contribution in [3.63, 3.8) is 0 Å². The highest BCUT2D eigenvalue weighted by atomic mass is 19.1. The fraction of sp³-hybridized carbons (Fsp3) is 0.478. The zero-order valence-corrected chi connectivity index (χ0v) is 18.8. The molecule has 1 aliphatic rings. The number of imidazole rings is 1. The van der Waals surface area contributed by atoms with Crippen molar-refractivity contribution in [2.75, 3.05) is 20.8 Å². The first-order chi connectivity index (χ1) is 15.4. The zero-order valence-electron chi connectivity index (χ0n) is 18.8. The minimum Gasteiger partial charge on any atom is -0.319 e. The van der Waals surface area contributed by atoms with Crippen LogP contribution < -0.4 is 5.73 Å². The molecule has 0 bridgehead atoms. The Morgan fingerprint density at radius 1 is 1.19 bits per heavy atom. The van der Waals surface area contributed by atoms with Crippen LogP contribution in [-0.2, 0) is 12.1 Å². The maximum absolute atomic E-state index is 13.0. The molecule has 0 atom stereocenters. The predicted octanol–water partition coefficient (Wildman–Crippen LogP) is 3.08. The molecule has 4 aromatic heterocycles. The van der Waals surface area contributed by atoms with Crippen molar-refractivity contribution >= 4 is 16.7 Å². The number of fused-ring (bicyclic) bond motifs is 2. The van der Waals surface area contributed by atoms with Gasteiger partial charge in [0, 0.05) is 17.8 Å². The highest BCUT2D eigenvalue weighted by Gasteiger charge is 2.36. The van der Waals surface area contributed by atoms with Gasteiger partial charge in [0.05, 0.1) is 29.5 Å². The highest BCUT2D eigenvalue weighted by molar-refractivity contribution is 5.82. The van der Waals surface area contributed by atoms with Gasteiger partial charge in [0.15, 0.2) is 11.5 Å². The lowest BCUT2D eigenvalue weighted by Crippen LogP contribution is -2.46. The lowest BCUT2D eigenvalue weighted by Gasteiger charge is -2.38. The number of nitrogens with zero attached hydrogens (tertiary/aromatic N) is 7. The Balaban J connectivity index is 1.49. The second-order valence-corrected chi connectivity index (χ2v) is 9.03. The molecule has 0 radical (unpaired) electrons. The first kappa shape index (κ1) is 21.0. The topological polar surface area (TPSA) is 90.2 Å². The van der Waals surface area contributed by atoms with E-state index >= 15 is 0 Å². The maximum atomic E-state index is 13.0. The van der Waals surface area contributed by atoms with Gasteiger partial charge in [-0.3, -0.25) is 0 Å². The van der Waals surface area contributed by atoms with Gasteiger partial charge in [0.25, 0.3) is 0 Å². The molecule has 32 heavy (non-hydrogen) atoms. The fourth-order valence-electron chi connectivity index (χ4n) is 4.82. The molecule has 4 heterocycles. The Hall–Kier alpha value is -2.91. The molecule has 0 saturated heterocycles. The van der Waals surface area contributed by atoms with Crippen LogP contribution in [0.4, 0.5) is 4.39 Å². The quantitative estimate of drug-likeness (QED) is 0.517. The van der Waals surface area contributed by atoms with Crippen LogP contribution in [0.1, 0.15) is 37.3 Å². The predicted molar refractivity (Wildman–Crippen MR) is 122 cm³/mol. The van der Waals surface area contributed by atoms with Gasteiger partial charge in [-0.25, -0.2) is 23.9 Å². The molecule has 0 aliphatic heterocycles. The number of pyridine rings is 1. The number of aryl methyl sites for hydroxylation is 2. The van der Waals surface area contributed by atoms with E-state index in [0.29, 0.717) is 17.5 Å². The van der Waals surface area contributed by atoms with Crippen molar-refractivity contribution in [2.45, 2.75) is 50.7 Å². The molecule has 5 rings (SSSR count). The van der Waals surface area contributed by atoms with E-state index in [1.54, 1.807) is 0 Å². The van der Waals surface area contributed by atoms with E-state index in [1.165, 1.54) is 0 Å². The van der Waals surface area contributed by atoms with Crippen molar-refractivity contribution in [3.8, 4) is 11.3 Å². The van der Waals surface area contributed by atoms with Crippen LogP contribution in [0, 0.1) is 6.92 Å². The summed E-state index contributed by atoms with van der Waals surface area (Å²) in [6.07, 6.45) is 7.56. The van der Waals surface area contributed by atoms with Crippen molar-refractivity contribution in [2.24, 2.45) is 5.73 Å². The van der Waals surface area contributed by atoms with Gasteiger partial charge in [0.2, 0.25) is 0 Å². The molecule has 9 heteroatoms. The summed E-state index contributed by atoms with van der Waals surface area (Å²) < 4.78 is 16.7. The summed E-state index contributed by atoms with van der Waals surface area (Å²) in [4.78, 5) is 16.2. The van der Waals surface area contributed by atoms with Gasteiger partial charge in [0.1, 0.15) is 18.0 Å². The number of halogens is 1. The summed E-state index contributed by atoms with van der Waals surface area (Å²) in [5.74, 6) is 1.44. The largest absolute Gasteiger partial charge is 0.319 e. The van der Waals surface area contributed by atoms with Crippen LogP contribution in [0.3, 0.4) is 0 Å². The summed E-state index contributed by atoms with van der Waals surface area (Å²) in [5, 5.41) is 4.77. The molecular formula is C23H29FN8. The fourth-order valence-corrected chi connectivity index (χ4v) is 4.82. The Labute approximate surface area is 186 Å².